The summed E-state index contributed by atoms with van der Waals surface area (Å²) in [5.41, 5.74) is 1.91. The Labute approximate surface area is 110 Å². The highest BCUT2D eigenvalue weighted by atomic mass is 19.1. The minimum Gasteiger partial charge on any atom is -0.285 e. The molecular weight excluding hydrogens is 246 g/mol. The fraction of sp³-hybridized carbons (Fsp3) is 0.133. The highest BCUT2D eigenvalue weighted by Crippen LogP contribution is 2.34. The van der Waals surface area contributed by atoms with E-state index in [9.17, 15) is 8.78 Å². The van der Waals surface area contributed by atoms with Gasteiger partial charge in [0.25, 0.3) is 0 Å². The second-order valence-corrected chi connectivity index (χ2v) is 4.49. The van der Waals surface area contributed by atoms with Crippen LogP contribution in [0.2, 0.25) is 0 Å². The molecule has 0 bridgehead atoms. The van der Waals surface area contributed by atoms with Crippen molar-refractivity contribution in [2.45, 2.75) is 6.04 Å². The summed E-state index contributed by atoms with van der Waals surface area (Å²) >= 11 is 0. The number of benzene rings is 2. The highest BCUT2D eigenvalue weighted by Gasteiger charge is 2.34. The first-order valence-electron chi connectivity index (χ1n) is 6.04. The zero-order valence-corrected chi connectivity index (χ0v) is 10.1. The molecule has 0 N–H and O–H groups in total. The standard InChI is InChI=1S/C15H12F2N2/c16-13-5-1-11(2-6-13)9-18-19-10-15(19)12-3-7-14(17)8-4-12/h1-9,15H,10H2/b18-9+. The van der Waals surface area contributed by atoms with Crippen LogP contribution in [0, 0.1) is 11.6 Å². The fourth-order valence-electron chi connectivity index (χ4n) is 1.91. The average molecular weight is 258 g/mol. The van der Waals surface area contributed by atoms with Gasteiger partial charge in [-0.3, -0.25) is 5.01 Å². The van der Waals surface area contributed by atoms with Crippen LogP contribution in [0.1, 0.15) is 17.2 Å². The first-order chi connectivity index (χ1) is 9.22. The van der Waals surface area contributed by atoms with Crippen molar-refractivity contribution in [3.05, 3.63) is 71.3 Å². The van der Waals surface area contributed by atoms with Crippen LogP contribution in [0.5, 0.6) is 0 Å². The van der Waals surface area contributed by atoms with Crippen molar-refractivity contribution in [1.29, 1.82) is 0 Å². The molecule has 1 fully saturated rings. The molecule has 1 unspecified atom stereocenters. The smallest absolute Gasteiger partial charge is 0.123 e. The summed E-state index contributed by atoms with van der Waals surface area (Å²) in [6.45, 7) is 0.823. The largest absolute Gasteiger partial charge is 0.285 e. The first-order valence-corrected chi connectivity index (χ1v) is 6.04. The van der Waals surface area contributed by atoms with E-state index >= 15 is 0 Å². The van der Waals surface area contributed by atoms with Gasteiger partial charge in [0.15, 0.2) is 0 Å². The van der Waals surface area contributed by atoms with Gasteiger partial charge in [0, 0.05) is 0 Å². The van der Waals surface area contributed by atoms with E-state index in [-0.39, 0.29) is 17.7 Å². The van der Waals surface area contributed by atoms with Gasteiger partial charge in [0.2, 0.25) is 0 Å². The van der Waals surface area contributed by atoms with Gasteiger partial charge in [-0.25, -0.2) is 8.78 Å². The zero-order chi connectivity index (χ0) is 13.2. The molecule has 0 saturated carbocycles. The Morgan fingerprint density at radius 3 is 2.16 bits per heavy atom. The minimum absolute atomic E-state index is 0.220. The SMILES string of the molecule is Fc1ccc(/C=N/N2CC2c2ccc(F)cc2)cc1. The monoisotopic (exact) mass is 258 g/mol. The number of halogens is 2. The maximum atomic E-state index is 12.8. The van der Waals surface area contributed by atoms with Gasteiger partial charge in [0.05, 0.1) is 18.8 Å². The molecule has 0 amide bonds. The van der Waals surface area contributed by atoms with Gasteiger partial charge in [-0.2, -0.15) is 5.10 Å². The van der Waals surface area contributed by atoms with Gasteiger partial charge < -0.3 is 0 Å². The molecule has 19 heavy (non-hydrogen) atoms. The van der Waals surface area contributed by atoms with Crippen LogP contribution in [0.25, 0.3) is 0 Å². The quantitative estimate of drug-likeness (QED) is 0.608. The molecule has 0 spiro atoms. The van der Waals surface area contributed by atoms with Crippen molar-refractivity contribution in [1.82, 2.24) is 5.01 Å². The lowest BCUT2D eigenvalue weighted by Crippen LogP contribution is -1.91. The molecule has 96 valence electrons. The topological polar surface area (TPSA) is 15.4 Å². The number of rotatable bonds is 3. The van der Waals surface area contributed by atoms with Gasteiger partial charge in [-0.15, -0.1) is 0 Å². The molecule has 4 heteroatoms. The highest BCUT2D eigenvalue weighted by molar-refractivity contribution is 5.79. The molecule has 2 nitrogen and oxygen atoms in total. The van der Waals surface area contributed by atoms with E-state index in [2.05, 4.69) is 5.10 Å². The molecule has 3 rings (SSSR count). The lowest BCUT2D eigenvalue weighted by molar-refractivity contribution is 0.555. The van der Waals surface area contributed by atoms with Crippen molar-refractivity contribution >= 4 is 6.21 Å². The third kappa shape index (κ3) is 2.78. The Morgan fingerprint density at radius 1 is 0.947 bits per heavy atom. The maximum absolute atomic E-state index is 12.8. The van der Waals surface area contributed by atoms with E-state index in [4.69, 9.17) is 0 Å². The summed E-state index contributed by atoms with van der Waals surface area (Å²) in [5, 5.41) is 6.21. The lowest BCUT2D eigenvalue weighted by atomic mass is 10.2. The van der Waals surface area contributed by atoms with E-state index < -0.39 is 0 Å². The maximum Gasteiger partial charge on any atom is 0.123 e. The van der Waals surface area contributed by atoms with Crippen LogP contribution in [-0.4, -0.2) is 17.8 Å². The summed E-state index contributed by atoms with van der Waals surface area (Å²) in [6, 6.07) is 12.8. The first kappa shape index (κ1) is 11.8. The number of nitrogens with zero attached hydrogens (tertiary/aromatic N) is 2. The second-order valence-electron chi connectivity index (χ2n) is 4.49. The van der Waals surface area contributed by atoms with E-state index in [1.165, 1.54) is 24.3 Å². The molecule has 0 radical (unpaired) electrons. The molecular formula is C15H12F2N2. The molecule has 2 aromatic carbocycles. The summed E-state index contributed by atoms with van der Waals surface area (Å²) in [5.74, 6) is -0.487. The Morgan fingerprint density at radius 2 is 1.53 bits per heavy atom. The van der Waals surface area contributed by atoms with Gasteiger partial charge in [-0.1, -0.05) is 24.3 Å². The number of hydrogen-bond acceptors (Lipinski definition) is 2. The summed E-state index contributed by atoms with van der Waals surface area (Å²) in [7, 11) is 0. The normalized spacial score (nSPS) is 18.0. The van der Waals surface area contributed by atoms with Crippen molar-refractivity contribution in [3.8, 4) is 0 Å². The molecule has 1 atom stereocenters. The van der Waals surface area contributed by atoms with Crippen molar-refractivity contribution in [2.75, 3.05) is 6.54 Å². The Balaban J connectivity index is 1.64. The summed E-state index contributed by atoms with van der Waals surface area (Å²) in [4.78, 5) is 0. The van der Waals surface area contributed by atoms with Crippen molar-refractivity contribution in [3.63, 3.8) is 0 Å². The molecule has 0 aliphatic carbocycles. The lowest BCUT2D eigenvalue weighted by Gasteiger charge is -1.99. The predicted molar refractivity (Wildman–Crippen MR) is 69.8 cm³/mol. The summed E-state index contributed by atoms with van der Waals surface area (Å²) in [6.07, 6.45) is 1.70. The third-order valence-electron chi connectivity index (χ3n) is 3.07. The van der Waals surface area contributed by atoms with Gasteiger partial charge in [0.1, 0.15) is 11.6 Å². The fourth-order valence-corrected chi connectivity index (χ4v) is 1.91. The Kier molecular flexibility index (Phi) is 2.99. The molecule has 1 heterocycles. The van der Waals surface area contributed by atoms with Crippen LogP contribution in [0.4, 0.5) is 8.78 Å². The average Bonchev–Trinajstić information content (AvgIpc) is 3.19. The zero-order valence-electron chi connectivity index (χ0n) is 10.1. The van der Waals surface area contributed by atoms with Gasteiger partial charge >= 0.3 is 0 Å². The van der Waals surface area contributed by atoms with E-state index in [0.29, 0.717) is 0 Å². The number of hydrazone groups is 1. The van der Waals surface area contributed by atoms with Crippen molar-refractivity contribution < 1.29 is 8.78 Å². The van der Waals surface area contributed by atoms with E-state index in [1.54, 1.807) is 30.5 Å². The Hall–Kier alpha value is -2.23. The van der Waals surface area contributed by atoms with Gasteiger partial charge in [-0.05, 0) is 35.4 Å². The molecule has 1 aliphatic rings. The van der Waals surface area contributed by atoms with Crippen LogP contribution in [-0.2, 0) is 0 Å². The molecule has 1 aliphatic heterocycles. The van der Waals surface area contributed by atoms with Crippen LogP contribution in [0.3, 0.4) is 0 Å². The second kappa shape index (κ2) is 4.80. The van der Waals surface area contributed by atoms with Crippen LogP contribution in [0.15, 0.2) is 53.6 Å². The molecule has 0 aromatic heterocycles. The Bertz CT molecular complexity index is 591. The van der Waals surface area contributed by atoms with Crippen molar-refractivity contribution in [2.24, 2.45) is 5.10 Å². The molecule has 2 aromatic rings. The summed E-state index contributed by atoms with van der Waals surface area (Å²) < 4.78 is 25.5. The minimum atomic E-state index is -0.256. The third-order valence-corrected chi connectivity index (χ3v) is 3.07. The molecule has 1 saturated heterocycles. The van der Waals surface area contributed by atoms with E-state index in [0.717, 1.165) is 17.7 Å². The predicted octanol–water partition coefficient (Wildman–Crippen LogP) is 3.36. The number of hydrogen-bond donors (Lipinski definition) is 0. The van der Waals surface area contributed by atoms with E-state index in [1.807, 2.05) is 5.01 Å². The van der Waals surface area contributed by atoms with Crippen LogP contribution < -0.4 is 0 Å². The van der Waals surface area contributed by atoms with Crippen LogP contribution >= 0.6 is 0 Å².